The Morgan fingerprint density at radius 2 is 1.67 bits per heavy atom. The molecule has 2 N–H and O–H groups in total. The summed E-state index contributed by atoms with van der Waals surface area (Å²) < 4.78 is 5.67. The van der Waals surface area contributed by atoms with Gasteiger partial charge in [-0.3, -0.25) is 0 Å². The SMILES string of the molecule is CCOc1cc(C(C)(C)C)c(O)c(C(=O)O)c1C(C)(C)C. The number of carboxylic acid groups (broad SMARTS) is 1. The second-order valence-electron chi connectivity index (χ2n) is 7.26. The first-order chi connectivity index (χ1) is 9.41. The summed E-state index contributed by atoms with van der Waals surface area (Å²) in [6.07, 6.45) is 0. The molecule has 118 valence electrons. The zero-order chi connectivity index (χ0) is 16.6. The lowest BCUT2D eigenvalue weighted by molar-refractivity contribution is 0.0689. The van der Waals surface area contributed by atoms with Crippen LogP contribution in [0.5, 0.6) is 11.5 Å². The Balaban J connectivity index is 3.86. The van der Waals surface area contributed by atoms with Crippen LogP contribution < -0.4 is 4.74 Å². The van der Waals surface area contributed by atoms with Gasteiger partial charge in [0.15, 0.2) is 0 Å². The van der Waals surface area contributed by atoms with Gasteiger partial charge in [-0.25, -0.2) is 4.79 Å². The number of rotatable bonds is 3. The van der Waals surface area contributed by atoms with Gasteiger partial charge < -0.3 is 14.9 Å². The molecular weight excluding hydrogens is 268 g/mol. The van der Waals surface area contributed by atoms with Crippen LogP contribution in [-0.2, 0) is 10.8 Å². The largest absolute Gasteiger partial charge is 0.507 e. The van der Waals surface area contributed by atoms with Gasteiger partial charge in [0, 0.05) is 11.1 Å². The highest BCUT2D eigenvalue weighted by Gasteiger charge is 2.33. The van der Waals surface area contributed by atoms with E-state index in [0.29, 0.717) is 23.5 Å². The average Bonchev–Trinajstić information content (AvgIpc) is 2.27. The summed E-state index contributed by atoms with van der Waals surface area (Å²) in [6.45, 7) is 13.8. The van der Waals surface area contributed by atoms with E-state index in [1.54, 1.807) is 6.07 Å². The lowest BCUT2D eigenvalue weighted by atomic mass is 9.77. The van der Waals surface area contributed by atoms with Crippen molar-refractivity contribution in [1.29, 1.82) is 0 Å². The predicted molar refractivity (Wildman–Crippen MR) is 83.6 cm³/mol. The van der Waals surface area contributed by atoms with E-state index in [2.05, 4.69) is 0 Å². The van der Waals surface area contributed by atoms with Crippen LogP contribution >= 0.6 is 0 Å². The van der Waals surface area contributed by atoms with E-state index in [0.717, 1.165) is 0 Å². The number of hydrogen-bond acceptors (Lipinski definition) is 3. The Kier molecular flexibility index (Phi) is 4.61. The van der Waals surface area contributed by atoms with E-state index >= 15 is 0 Å². The van der Waals surface area contributed by atoms with E-state index < -0.39 is 11.4 Å². The molecule has 4 heteroatoms. The average molecular weight is 294 g/mol. The van der Waals surface area contributed by atoms with Gasteiger partial charge in [-0.15, -0.1) is 0 Å². The molecule has 0 amide bonds. The molecule has 4 nitrogen and oxygen atoms in total. The first-order valence-corrected chi connectivity index (χ1v) is 7.18. The van der Waals surface area contributed by atoms with Crippen molar-refractivity contribution >= 4 is 5.97 Å². The Morgan fingerprint density at radius 1 is 1.14 bits per heavy atom. The van der Waals surface area contributed by atoms with E-state index in [-0.39, 0.29) is 16.7 Å². The molecule has 1 aromatic rings. The number of aromatic carboxylic acids is 1. The Hall–Kier alpha value is -1.71. The second-order valence-corrected chi connectivity index (χ2v) is 7.26. The summed E-state index contributed by atoms with van der Waals surface area (Å²) in [4.78, 5) is 11.7. The molecule has 1 rings (SSSR count). The molecule has 0 saturated heterocycles. The first-order valence-electron chi connectivity index (χ1n) is 7.18. The molecule has 0 fully saturated rings. The maximum absolute atomic E-state index is 11.7. The summed E-state index contributed by atoms with van der Waals surface area (Å²) in [5, 5.41) is 20.1. The van der Waals surface area contributed by atoms with Crippen molar-refractivity contribution in [2.24, 2.45) is 0 Å². The van der Waals surface area contributed by atoms with Gasteiger partial charge in [-0.2, -0.15) is 0 Å². The molecule has 21 heavy (non-hydrogen) atoms. The summed E-state index contributed by atoms with van der Waals surface area (Å²) >= 11 is 0. The van der Waals surface area contributed by atoms with Crippen LogP contribution in [0.4, 0.5) is 0 Å². The fourth-order valence-corrected chi connectivity index (χ4v) is 2.44. The zero-order valence-electron chi connectivity index (χ0n) is 14.0. The normalized spacial score (nSPS) is 12.3. The molecule has 0 aliphatic heterocycles. The summed E-state index contributed by atoms with van der Waals surface area (Å²) in [7, 11) is 0. The third-order valence-electron chi connectivity index (χ3n) is 3.34. The maximum Gasteiger partial charge on any atom is 0.339 e. The zero-order valence-corrected chi connectivity index (χ0v) is 14.0. The van der Waals surface area contributed by atoms with Crippen LogP contribution in [0.2, 0.25) is 0 Å². The molecule has 0 aliphatic rings. The van der Waals surface area contributed by atoms with Crippen LogP contribution in [0.15, 0.2) is 6.07 Å². The maximum atomic E-state index is 11.7. The smallest absolute Gasteiger partial charge is 0.339 e. The standard InChI is InChI=1S/C17H26O4/c1-8-21-11-9-10(16(2,3)4)14(18)12(15(19)20)13(11)17(5,6)7/h9,18H,8H2,1-7H3,(H,19,20). The van der Waals surface area contributed by atoms with Gasteiger partial charge >= 0.3 is 5.97 Å². The minimum atomic E-state index is -1.13. The summed E-state index contributed by atoms with van der Waals surface area (Å²) in [6, 6.07) is 1.77. The number of hydrogen-bond donors (Lipinski definition) is 2. The Bertz CT molecular complexity index is 545. The van der Waals surface area contributed by atoms with Gasteiger partial charge in [-0.1, -0.05) is 41.5 Å². The van der Waals surface area contributed by atoms with Crippen molar-refractivity contribution in [2.75, 3.05) is 6.61 Å². The van der Waals surface area contributed by atoms with Gasteiger partial charge in [0.2, 0.25) is 0 Å². The van der Waals surface area contributed by atoms with Crippen molar-refractivity contribution in [3.8, 4) is 11.5 Å². The lowest BCUT2D eigenvalue weighted by Crippen LogP contribution is -2.22. The number of phenols is 1. The Labute approximate surface area is 126 Å². The van der Waals surface area contributed by atoms with Crippen LogP contribution in [-0.4, -0.2) is 22.8 Å². The molecule has 0 radical (unpaired) electrons. The van der Waals surface area contributed by atoms with Gasteiger partial charge in [0.05, 0.1) is 6.61 Å². The topological polar surface area (TPSA) is 66.8 Å². The highest BCUT2D eigenvalue weighted by Crippen LogP contribution is 2.44. The van der Waals surface area contributed by atoms with E-state index in [1.165, 1.54) is 0 Å². The first kappa shape index (κ1) is 17.3. The fourth-order valence-electron chi connectivity index (χ4n) is 2.44. The van der Waals surface area contributed by atoms with E-state index in [1.807, 2.05) is 48.5 Å². The molecule has 0 saturated carbocycles. The van der Waals surface area contributed by atoms with Crippen LogP contribution in [0.25, 0.3) is 0 Å². The van der Waals surface area contributed by atoms with Crippen molar-refractivity contribution < 1.29 is 19.7 Å². The molecule has 0 aliphatic carbocycles. The van der Waals surface area contributed by atoms with Gasteiger partial charge in [0.1, 0.15) is 17.1 Å². The number of ether oxygens (including phenoxy) is 1. The molecule has 0 unspecified atom stereocenters. The van der Waals surface area contributed by atoms with Crippen LogP contribution in [0.1, 0.15) is 70.0 Å². The van der Waals surface area contributed by atoms with E-state index in [4.69, 9.17) is 4.74 Å². The predicted octanol–water partition coefficient (Wildman–Crippen LogP) is 4.08. The number of aromatic hydroxyl groups is 1. The van der Waals surface area contributed by atoms with Crippen molar-refractivity contribution in [3.63, 3.8) is 0 Å². The van der Waals surface area contributed by atoms with Crippen molar-refractivity contribution in [3.05, 3.63) is 22.8 Å². The number of benzene rings is 1. The molecule has 1 aromatic carbocycles. The van der Waals surface area contributed by atoms with E-state index in [9.17, 15) is 15.0 Å². The summed E-state index contributed by atoms with van der Waals surface area (Å²) in [5.74, 6) is -0.766. The van der Waals surface area contributed by atoms with Gasteiger partial charge in [0.25, 0.3) is 0 Å². The third kappa shape index (κ3) is 3.49. The third-order valence-corrected chi connectivity index (χ3v) is 3.34. The molecule has 0 bridgehead atoms. The number of carboxylic acids is 1. The second kappa shape index (κ2) is 5.58. The van der Waals surface area contributed by atoms with Crippen LogP contribution in [0.3, 0.4) is 0 Å². The molecule has 0 heterocycles. The van der Waals surface area contributed by atoms with Crippen LogP contribution in [0, 0.1) is 0 Å². The number of carbonyl (C=O) groups is 1. The van der Waals surface area contributed by atoms with Gasteiger partial charge in [-0.05, 0) is 23.8 Å². The highest BCUT2D eigenvalue weighted by molar-refractivity contribution is 5.95. The monoisotopic (exact) mass is 294 g/mol. The molecule has 0 spiro atoms. The Morgan fingerprint density at radius 3 is 2.00 bits per heavy atom. The quantitative estimate of drug-likeness (QED) is 0.881. The minimum Gasteiger partial charge on any atom is -0.507 e. The summed E-state index contributed by atoms with van der Waals surface area (Å²) in [5.41, 5.74) is 0.222. The highest BCUT2D eigenvalue weighted by atomic mass is 16.5. The lowest BCUT2D eigenvalue weighted by Gasteiger charge is -2.29. The molecular formula is C17H26O4. The fraction of sp³-hybridized carbons (Fsp3) is 0.588. The van der Waals surface area contributed by atoms with Crippen molar-refractivity contribution in [1.82, 2.24) is 0 Å². The minimum absolute atomic E-state index is 0.0571. The molecule has 0 atom stereocenters. The molecule has 0 aromatic heterocycles. The van der Waals surface area contributed by atoms with Crippen molar-refractivity contribution in [2.45, 2.75) is 59.3 Å².